The van der Waals surface area contributed by atoms with Crippen LogP contribution < -0.4 is 10.2 Å². The smallest absolute Gasteiger partial charge is 0.234 e. The van der Waals surface area contributed by atoms with Crippen molar-refractivity contribution >= 4 is 45.2 Å². The fourth-order valence-electron chi connectivity index (χ4n) is 3.16. The summed E-state index contributed by atoms with van der Waals surface area (Å²) in [6, 6.07) is 15.8. The number of morpholine rings is 1. The second-order valence-corrected chi connectivity index (χ2v) is 8.67. The highest BCUT2D eigenvalue weighted by Gasteiger charge is 2.22. The van der Waals surface area contributed by atoms with Gasteiger partial charge in [0.15, 0.2) is 5.16 Å². The summed E-state index contributed by atoms with van der Waals surface area (Å²) >= 11 is 4.86. The molecule has 0 atom stereocenters. The molecule has 2 aromatic carbocycles. The molecule has 7 nitrogen and oxygen atoms in total. The number of carbonyl (C=O) groups excluding carboxylic acids is 1. The minimum absolute atomic E-state index is 0.0971. The van der Waals surface area contributed by atoms with Crippen molar-refractivity contribution in [3.63, 3.8) is 0 Å². The molecule has 0 aliphatic carbocycles. The summed E-state index contributed by atoms with van der Waals surface area (Å²) in [5, 5.41) is 12.4. The number of aryl methyl sites for hydroxylation is 1. The van der Waals surface area contributed by atoms with Crippen molar-refractivity contribution in [1.82, 2.24) is 14.8 Å². The Morgan fingerprint density at radius 3 is 2.67 bits per heavy atom. The van der Waals surface area contributed by atoms with E-state index >= 15 is 0 Å². The molecule has 156 valence electrons. The monoisotopic (exact) mass is 487 g/mol. The molecule has 1 saturated heterocycles. The standard InChI is InChI=1S/C21H22BrN5O2S/c1-15-7-8-18(17(22)13-15)23-19(28)14-30-21-25-24-20(26-9-11-29-12-10-26)27(21)16-5-3-2-4-6-16/h2-8,13H,9-12,14H2,1H3,(H,23,28). The Labute approximate surface area is 187 Å². The molecule has 0 bridgehead atoms. The summed E-state index contributed by atoms with van der Waals surface area (Å²) in [6.45, 7) is 4.86. The lowest BCUT2D eigenvalue weighted by atomic mass is 10.2. The molecular formula is C21H22BrN5O2S. The van der Waals surface area contributed by atoms with Gasteiger partial charge in [0, 0.05) is 17.6 Å². The molecular weight excluding hydrogens is 466 g/mol. The van der Waals surface area contributed by atoms with E-state index in [0.717, 1.165) is 40.4 Å². The minimum atomic E-state index is -0.0971. The van der Waals surface area contributed by atoms with Gasteiger partial charge in [-0.3, -0.25) is 9.36 Å². The van der Waals surface area contributed by atoms with Crippen LogP contribution in [0.15, 0.2) is 58.2 Å². The zero-order valence-corrected chi connectivity index (χ0v) is 18.9. The molecule has 1 fully saturated rings. The number of halogens is 1. The van der Waals surface area contributed by atoms with Crippen LogP contribution in [0, 0.1) is 6.92 Å². The molecule has 1 aliphatic rings. The molecule has 4 rings (SSSR count). The summed E-state index contributed by atoms with van der Waals surface area (Å²) in [5.74, 6) is 0.905. The van der Waals surface area contributed by atoms with E-state index in [2.05, 4.69) is 36.3 Å². The number of amides is 1. The van der Waals surface area contributed by atoms with Crippen LogP contribution in [0.25, 0.3) is 5.69 Å². The highest BCUT2D eigenvalue weighted by molar-refractivity contribution is 9.10. The van der Waals surface area contributed by atoms with Crippen LogP contribution >= 0.6 is 27.7 Å². The van der Waals surface area contributed by atoms with Crippen molar-refractivity contribution in [2.24, 2.45) is 0 Å². The van der Waals surface area contributed by atoms with Gasteiger partial charge >= 0.3 is 0 Å². The maximum absolute atomic E-state index is 12.5. The minimum Gasteiger partial charge on any atom is -0.378 e. The number of rotatable bonds is 6. The predicted molar refractivity (Wildman–Crippen MR) is 123 cm³/mol. The van der Waals surface area contributed by atoms with E-state index < -0.39 is 0 Å². The number of hydrogen-bond acceptors (Lipinski definition) is 6. The lowest BCUT2D eigenvalue weighted by Gasteiger charge is -2.27. The van der Waals surface area contributed by atoms with Gasteiger partial charge in [0.25, 0.3) is 0 Å². The van der Waals surface area contributed by atoms with E-state index in [1.54, 1.807) is 0 Å². The number of benzene rings is 2. The van der Waals surface area contributed by atoms with E-state index in [1.807, 2.05) is 60.0 Å². The summed E-state index contributed by atoms with van der Waals surface area (Å²) in [5.41, 5.74) is 2.85. The van der Waals surface area contributed by atoms with Crippen LogP contribution in [0.1, 0.15) is 5.56 Å². The van der Waals surface area contributed by atoms with E-state index in [9.17, 15) is 4.79 Å². The normalized spacial score (nSPS) is 14.0. The molecule has 1 aliphatic heterocycles. The number of carbonyl (C=O) groups is 1. The average Bonchev–Trinajstić information content (AvgIpc) is 3.19. The van der Waals surface area contributed by atoms with Gasteiger partial charge in [0.1, 0.15) is 0 Å². The summed E-state index contributed by atoms with van der Waals surface area (Å²) in [4.78, 5) is 14.7. The summed E-state index contributed by atoms with van der Waals surface area (Å²) in [6.07, 6.45) is 0. The number of nitrogens with one attached hydrogen (secondary N) is 1. The van der Waals surface area contributed by atoms with Crippen LogP contribution in [-0.2, 0) is 9.53 Å². The number of ether oxygens (including phenoxy) is 1. The lowest BCUT2D eigenvalue weighted by molar-refractivity contribution is -0.113. The fourth-order valence-corrected chi connectivity index (χ4v) is 4.50. The first-order valence-corrected chi connectivity index (χ1v) is 11.4. The molecule has 1 N–H and O–H groups in total. The Kier molecular flexibility index (Phi) is 6.71. The molecule has 0 saturated carbocycles. The number of aromatic nitrogens is 3. The molecule has 1 aromatic heterocycles. The predicted octanol–water partition coefficient (Wildman–Crippen LogP) is 3.91. The number of thioether (sulfide) groups is 1. The molecule has 1 amide bonds. The Morgan fingerprint density at radius 2 is 1.93 bits per heavy atom. The molecule has 3 aromatic rings. The molecule has 30 heavy (non-hydrogen) atoms. The average molecular weight is 488 g/mol. The van der Waals surface area contributed by atoms with E-state index in [1.165, 1.54) is 11.8 Å². The first-order valence-electron chi connectivity index (χ1n) is 9.64. The summed E-state index contributed by atoms with van der Waals surface area (Å²) < 4.78 is 8.33. The number of nitrogens with zero attached hydrogens (tertiary/aromatic N) is 4. The Morgan fingerprint density at radius 1 is 1.17 bits per heavy atom. The van der Waals surface area contributed by atoms with Crippen LogP contribution in [-0.4, -0.2) is 52.7 Å². The molecule has 9 heteroatoms. The Bertz CT molecular complexity index is 1020. The van der Waals surface area contributed by atoms with Crippen LogP contribution in [0.5, 0.6) is 0 Å². The fraction of sp³-hybridized carbons (Fsp3) is 0.286. The Balaban J connectivity index is 1.52. The number of hydrogen-bond donors (Lipinski definition) is 1. The highest BCUT2D eigenvalue weighted by atomic mass is 79.9. The third kappa shape index (κ3) is 4.85. The van der Waals surface area contributed by atoms with Gasteiger partial charge < -0.3 is 15.0 Å². The quantitative estimate of drug-likeness (QED) is 0.531. The van der Waals surface area contributed by atoms with Crippen molar-refractivity contribution in [1.29, 1.82) is 0 Å². The maximum atomic E-state index is 12.5. The van der Waals surface area contributed by atoms with Crippen molar-refractivity contribution < 1.29 is 9.53 Å². The molecule has 0 unspecified atom stereocenters. The van der Waals surface area contributed by atoms with Crippen molar-refractivity contribution in [2.45, 2.75) is 12.1 Å². The van der Waals surface area contributed by atoms with Gasteiger partial charge in [-0.05, 0) is 52.7 Å². The third-order valence-corrected chi connectivity index (χ3v) is 6.24. The largest absolute Gasteiger partial charge is 0.378 e. The van der Waals surface area contributed by atoms with Crippen molar-refractivity contribution in [2.75, 3.05) is 42.3 Å². The third-order valence-electron chi connectivity index (χ3n) is 4.66. The first kappa shape index (κ1) is 20.9. The molecule has 0 spiro atoms. The lowest BCUT2D eigenvalue weighted by Crippen LogP contribution is -2.37. The zero-order valence-electron chi connectivity index (χ0n) is 16.5. The van der Waals surface area contributed by atoms with E-state index in [4.69, 9.17) is 4.74 Å². The van der Waals surface area contributed by atoms with Gasteiger partial charge in [0.05, 0.1) is 30.3 Å². The number of anilines is 2. The van der Waals surface area contributed by atoms with Gasteiger partial charge in [-0.2, -0.15) is 0 Å². The van der Waals surface area contributed by atoms with Crippen LogP contribution in [0.2, 0.25) is 0 Å². The second kappa shape index (κ2) is 9.63. The Hall–Kier alpha value is -2.36. The number of para-hydroxylation sites is 1. The molecule has 2 heterocycles. The SMILES string of the molecule is Cc1ccc(NC(=O)CSc2nnc(N3CCOCC3)n2-c2ccccc2)c(Br)c1. The zero-order chi connectivity index (χ0) is 20.9. The molecule has 0 radical (unpaired) electrons. The van der Waals surface area contributed by atoms with E-state index in [-0.39, 0.29) is 11.7 Å². The van der Waals surface area contributed by atoms with E-state index in [0.29, 0.717) is 18.4 Å². The van der Waals surface area contributed by atoms with Gasteiger partial charge in [0.2, 0.25) is 11.9 Å². The summed E-state index contributed by atoms with van der Waals surface area (Å²) in [7, 11) is 0. The maximum Gasteiger partial charge on any atom is 0.234 e. The topological polar surface area (TPSA) is 72.3 Å². The van der Waals surface area contributed by atoms with Crippen LogP contribution in [0.3, 0.4) is 0 Å². The van der Waals surface area contributed by atoms with Gasteiger partial charge in [-0.25, -0.2) is 0 Å². The van der Waals surface area contributed by atoms with Gasteiger partial charge in [-0.1, -0.05) is 36.0 Å². The van der Waals surface area contributed by atoms with Crippen molar-refractivity contribution in [3.8, 4) is 5.69 Å². The van der Waals surface area contributed by atoms with Crippen molar-refractivity contribution in [3.05, 3.63) is 58.6 Å². The van der Waals surface area contributed by atoms with Gasteiger partial charge in [-0.15, -0.1) is 10.2 Å². The highest BCUT2D eigenvalue weighted by Crippen LogP contribution is 2.28. The van der Waals surface area contributed by atoms with Crippen LogP contribution in [0.4, 0.5) is 11.6 Å². The first-order chi connectivity index (χ1) is 14.6. The second-order valence-electron chi connectivity index (χ2n) is 6.87.